The van der Waals surface area contributed by atoms with E-state index in [0.717, 1.165) is 18.5 Å². The van der Waals surface area contributed by atoms with Crippen molar-refractivity contribution in [2.24, 2.45) is 5.92 Å². The molecule has 3 rings (SSSR count). The van der Waals surface area contributed by atoms with Crippen molar-refractivity contribution in [1.82, 2.24) is 10.3 Å². The van der Waals surface area contributed by atoms with Gasteiger partial charge in [0.25, 0.3) is 0 Å². The van der Waals surface area contributed by atoms with E-state index in [0.29, 0.717) is 22.9 Å². The number of ether oxygens (including phenoxy) is 1. The van der Waals surface area contributed by atoms with Crippen LogP contribution in [0, 0.1) is 5.92 Å². The zero-order chi connectivity index (χ0) is 12.5. The molecule has 1 aromatic rings. The second-order valence-corrected chi connectivity index (χ2v) is 5.34. The van der Waals surface area contributed by atoms with Crippen molar-refractivity contribution in [3.8, 4) is 5.75 Å². The molecule has 1 aromatic heterocycles. The van der Waals surface area contributed by atoms with Crippen molar-refractivity contribution in [3.63, 3.8) is 0 Å². The molecule has 18 heavy (non-hydrogen) atoms. The smallest absolute Gasteiger partial charge is 0.171 e. The maximum Gasteiger partial charge on any atom is 0.171 e. The molecule has 1 fully saturated rings. The lowest BCUT2D eigenvalue weighted by Crippen LogP contribution is -2.37. The molecular weight excluding hydrogens is 248 g/mol. The Balaban J connectivity index is 1.87. The van der Waals surface area contributed by atoms with Crippen LogP contribution in [0.25, 0.3) is 5.57 Å². The Morgan fingerprint density at radius 1 is 1.50 bits per heavy atom. The first-order chi connectivity index (χ1) is 8.78. The molecule has 0 aromatic carbocycles. The first-order valence-electron chi connectivity index (χ1n) is 6.42. The molecule has 2 heterocycles. The van der Waals surface area contributed by atoms with Gasteiger partial charge >= 0.3 is 0 Å². The van der Waals surface area contributed by atoms with Gasteiger partial charge in [0, 0.05) is 12.2 Å². The van der Waals surface area contributed by atoms with Crippen molar-refractivity contribution in [3.05, 3.63) is 29.1 Å². The number of nitrogens with zero attached hydrogens (tertiary/aromatic N) is 1. The predicted molar refractivity (Wildman–Crippen MR) is 72.9 cm³/mol. The molecule has 3 nitrogen and oxygen atoms in total. The molecule has 0 radical (unpaired) electrons. The first-order valence-corrected chi connectivity index (χ1v) is 6.79. The molecule has 1 aliphatic heterocycles. The maximum atomic E-state index is 5.96. The van der Waals surface area contributed by atoms with E-state index in [4.69, 9.17) is 16.3 Å². The van der Waals surface area contributed by atoms with Crippen LogP contribution in [-0.4, -0.2) is 24.7 Å². The third kappa shape index (κ3) is 2.13. The molecule has 2 aliphatic rings. The van der Waals surface area contributed by atoms with Crippen molar-refractivity contribution < 1.29 is 4.74 Å². The van der Waals surface area contributed by atoms with Crippen molar-refractivity contribution in [1.29, 1.82) is 0 Å². The van der Waals surface area contributed by atoms with Crippen LogP contribution in [0.5, 0.6) is 5.75 Å². The fourth-order valence-corrected chi connectivity index (χ4v) is 3.11. The highest BCUT2D eigenvalue weighted by molar-refractivity contribution is 6.30. The lowest BCUT2D eigenvalue weighted by Gasteiger charge is -2.25. The summed E-state index contributed by atoms with van der Waals surface area (Å²) in [5, 5.41) is 4.02. The summed E-state index contributed by atoms with van der Waals surface area (Å²) in [6.07, 6.45) is 7.87. The number of hydrogen-bond donors (Lipinski definition) is 1. The highest BCUT2D eigenvalue weighted by Crippen LogP contribution is 2.37. The summed E-state index contributed by atoms with van der Waals surface area (Å²) in [5.41, 5.74) is 2.49. The van der Waals surface area contributed by atoms with Crippen LogP contribution in [-0.2, 0) is 0 Å². The van der Waals surface area contributed by atoms with E-state index in [1.54, 1.807) is 7.11 Å². The van der Waals surface area contributed by atoms with E-state index in [2.05, 4.69) is 16.4 Å². The van der Waals surface area contributed by atoms with Crippen molar-refractivity contribution in [2.75, 3.05) is 13.7 Å². The zero-order valence-electron chi connectivity index (χ0n) is 10.4. The zero-order valence-corrected chi connectivity index (χ0v) is 11.2. The first kappa shape index (κ1) is 12.0. The van der Waals surface area contributed by atoms with E-state index in [1.807, 2.05) is 12.3 Å². The Hall–Kier alpha value is -1.06. The Morgan fingerprint density at radius 2 is 2.39 bits per heavy atom. The third-order valence-corrected chi connectivity index (χ3v) is 4.17. The van der Waals surface area contributed by atoms with Gasteiger partial charge in [-0.3, -0.25) is 0 Å². The molecular formula is C14H17ClN2O. The van der Waals surface area contributed by atoms with E-state index in [-0.39, 0.29) is 0 Å². The maximum absolute atomic E-state index is 5.96. The molecule has 0 bridgehead atoms. The summed E-state index contributed by atoms with van der Waals surface area (Å²) >= 11 is 5.96. The minimum atomic E-state index is 0.426. The number of fused-ring (bicyclic) bond motifs is 1. The van der Waals surface area contributed by atoms with Crippen LogP contribution >= 0.6 is 11.6 Å². The molecule has 4 heteroatoms. The van der Waals surface area contributed by atoms with Crippen molar-refractivity contribution >= 4 is 17.2 Å². The summed E-state index contributed by atoms with van der Waals surface area (Å²) in [6.45, 7) is 1.14. The van der Waals surface area contributed by atoms with Gasteiger partial charge in [-0.2, -0.15) is 0 Å². The predicted octanol–water partition coefficient (Wildman–Crippen LogP) is 2.90. The number of aromatic nitrogens is 1. The summed E-state index contributed by atoms with van der Waals surface area (Å²) in [6, 6.07) is 2.59. The Morgan fingerprint density at radius 3 is 3.17 bits per heavy atom. The summed E-state index contributed by atoms with van der Waals surface area (Å²) < 4.78 is 5.23. The van der Waals surface area contributed by atoms with Crippen LogP contribution in [0.3, 0.4) is 0 Å². The lowest BCUT2D eigenvalue weighted by molar-refractivity contribution is 0.348. The van der Waals surface area contributed by atoms with Gasteiger partial charge in [-0.1, -0.05) is 17.7 Å². The molecule has 0 spiro atoms. The number of halogens is 1. The summed E-state index contributed by atoms with van der Waals surface area (Å²) in [7, 11) is 1.62. The van der Waals surface area contributed by atoms with Crippen LogP contribution < -0.4 is 10.1 Å². The van der Waals surface area contributed by atoms with E-state index >= 15 is 0 Å². The number of hydrogen-bond acceptors (Lipinski definition) is 3. The summed E-state index contributed by atoms with van der Waals surface area (Å²) in [4.78, 5) is 4.19. The number of piperidine rings is 1. The van der Waals surface area contributed by atoms with Crippen LogP contribution in [0.4, 0.5) is 0 Å². The van der Waals surface area contributed by atoms with E-state index < -0.39 is 0 Å². The number of rotatable bonds is 2. The van der Waals surface area contributed by atoms with Crippen molar-refractivity contribution in [2.45, 2.75) is 25.3 Å². The minimum Gasteiger partial charge on any atom is -0.494 e. The third-order valence-electron chi connectivity index (χ3n) is 3.89. The molecule has 2 atom stereocenters. The number of methoxy groups -OCH3 is 1. The topological polar surface area (TPSA) is 34.1 Å². The van der Waals surface area contributed by atoms with E-state index in [9.17, 15) is 0 Å². The SMILES string of the molecule is COc1cc(C2=CC3CCCNC3C2)cnc1Cl. The lowest BCUT2D eigenvalue weighted by atomic mass is 9.94. The van der Waals surface area contributed by atoms with Gasteiger partial charge in [-0.25, -0.2) is 4.98 Å². The largest absolute Gasteiger partial charge is 0.494 e. The standard InChI is InChI=1S/C14H17ClN2O/c1-18-13-7-11(8-17-14(13)15)10-5-9-3-2-4-16-12(9)6-10/h5,7-9,12,16H,2-4,6H2,1H3. The molecule has 0 saturated carbocycles. The van der Waals surface area contributed by atoms with Crippen LogP contribution in [0.2, 0.25) is 5.15 Å². The quantitative estimate of drug-likeness (QED) is 0.834. The highest BCUT2D eigenvalue weighted by atomic mass is 35.5. The Bertz CT molecular complexity index is 487. The monoisotopic (exact) mass is 264 g/mol. The van der Waals surface area contributed by atoms with Gasteiger partial charge in [0.2, 0.25) is 0 Å². The number of nitrogens with one attached hydrogen (secondary N) is 1. The average Bonchev–Trinajstić information content (AvgIpc) is 2.83. The normalized spacial score (nSPS) is 26.7. The minimum absolute atomic E-state index is 0.426. The molecule has 2 unspecified atom stereocenters. The second kappa shape index (κ2) is 4.90. The van der Waals surface area contributed by atoms with Gasteiger partial charge < -0.3 is 10.1 Å². The fraction of sp³-hybridized carbons (Fsp3) is 0.500. The van der Waals surface area contributed by atoms with Gasteiger partial charge in [0.15, 0.2) is 10.9 Å². The van der Waals surface area contributed by atoms with Crippen LogP contribution in [0.15, 0.2) is 18.3 Å². The molecule has 0 amide bonds. The Kier molecular flexibility index (Phi) is 3.27. The number of pyridine rings is 1. The highest BCUT2D eigenvalue weighted by Gasteiger charge is 2.30. The average molecular weight is 265 g/mol. The fourth-order valence-electron chi connectivity index (χ4n) is 2.92. The molecule has 96 valence electrons. The molecule has 1 N–H and O–H groups in total. The van der Waals surface area contributed by atoms with E-state index in [1.165, 1.54) is 18.4 Å². The second-order valence-electron chi connectivity index (χ2n) is 4.98. The molecule has 1 aliphatic carbocycles. The van der Waals surface area contributed by atoms with Gasteiger partial charge in [-0.15, -0.1) is 0 Å². The summed E-state index contributed by atoms with van der Waals surface area (Å²) in [5.74, 6) is 1.33. The van der Waals surface area contributed by atoms with Gasteiger partial charge in [0.1, 0.15) is 0 Å². The van der Waals surface area contributed by atoms with Crippen LogP contribution in [0.1, 0.15) is 24.8 Å². The Labute approximate surface area is 112 Å². The van der Waals surface area contributed by atoms with Gasteiger partial charge in [0.05, 0.1) is 7.11 Å². The molecule has 1 saturated heterocycles. The van der Waals surface area contributed by atoms with Gasteiger partial charge in [-0.05, 0) is 48.9 Å².